The number of hydrogen-bond acceptors (Lipinski definition) is 2. The van der Waals surface area contributed by atoms with Crippen LogP contribution in [0.1, 0.15) is 6.92 Å². The molecule has 0 atom stereocenters. The molecule has 0 aromatic carbocycles. The van der Waals surface area contributed by atoms with Gasteiger partial charge in [-0.2, -0.15) is 0 Å². The first-order valence-electron chi connectivity index (χ1n) is 4.17. The van der Waals surface area contributed by atoms with Crippen LogP contribution in [0.2, 0.25) is 5.02 Å². The van der Waals surface area contributed by atoms with Crippen LogP contribution in [-0.2, 0) is 4.79 Å². The van der Waals surface area contributed by atoms with Crippen molar-refractivity contribution in [1.29, 1.82) is 0 Å². The Balaban J connectivity index is 2.66. The number of nitrogens with one attached hydrogen (secondary N) is 1. The number of rotatable bonds is 1. The fourth-order valence-electron chi connectivity index (χ4n) is 1.31. The first kappa shape index (κ1) is 10.4. The summed E-state index contributed by atoms with van der Waals surface area (Å²) in [7, 11) is 0. The molecule has 1 amide bonds. The number of halogens is 2. The Morgan fingerprint density at radius 2 is 2.40 bits per heavy atom. The van der Waals surface area contributed by atoms with E-state index in [1.807, 2.05) is 0 Å². The number of nitrogens with zero attached hydrogens (tertiary/aromatic N) is 2. The van der Waals surface area contributed by atoms with E-state index >= 15 is 0 Å². The SMILES string of the molecule is CC(=O)Nc1cc(Cl)cn2c(Br)cnc12. The normalized spacial score (nSPS) is 10.6. The maximum Gasteiger partial charge on any atom is 0.221 e. The van der Waals surface area contributed by atoms with Gasteiger partial charge in [-0.05, 0) is 22.0 Å². The van der Waals surface area contributed by atoms with Crippen molar-refractivity contribution >= 4 is 44.8 Å². The minimum atomic E-state index is -0.154. The lowest BCUT2D eigenvalue weighted by molar-refractivity contribution is -0.114. The third-order valence-electron chi connectivity index (χ3n) is 1.84. The van der Waals surface area contributed by atoms with E-state index < -0.39 is 0 Å². The topological polar surface area (TPSA) is 46.4 Å². The third-order valence-corrected chi connectivity index (χ3v) is 2.63. The zero-order chi connectivity index (χ0) is 11.0. The van der Waals surface area contributed by atoms with Crippen molar-refractivity contribution in [3.8, 4) is 0 Å². The minimum absolute atomic E-state index is 0.154. The van der Waals surface area contributed by atoms with Crippen molar-refractivity contribution < 1.29 is 4.79 Å². The van der Waals surface area contributed by atoms with Gasteiger partial charge >= 0.3 is 0 Å². The van der Waals surface area contributed by atoms with Crippen LogP contribution in [0.3, 0.4) is 0 Å². The number of fused-ring (bicyclic) bond motifs is 1. The number of amides is 1. The van der Waals surface area contributed by atoms with Gasteiger partial charge in [0.15, 0.2) is 5.65 Å². The predicted molar refractivity (Wildman–Crippen MR) is 62.2 cm³/mol. The van der Waals surface area contributed by atoms with E-state index in [9.17, 15) is 4.79 Å². The van der Waals surface area contributed by atoms with Crippen LogP contribution in [0.5, 0.6) is 0 Å². The van der Waals surface area contributed by atoms with E-state index in [0.717, 1.165) is 4.60 Å². The lowest BCUT2D eigenvalue weighted by Crippen LogP contribution is -2.07. The maximum atomic E-state index is 11.0. The highest BCUT2D eigenvalue weighted by Gasteiger charge is 2.08. The van der Waals surface area contributed by atoms with Gasteiger partial charge in [0.25, 0.3) is 0 Å². The van der Waals surface area contributed by atoms with E-state index in [0.29, 0.717) is 16.4 Å². The number of hydrogen-bond donors (Lipinski definition) is 1. The number of carbonyl (C=O) groups excluding carboxylic acids is 1. The van der Waals surface area contributed by atoms with Crippen LogP contribution in [0.15, 0.2) is 23.1 Å². The summed E-state index contributed by atoms with van der Waals surface area (Å²) in [5.74, 6) is -0.154. The average molecular weight is 289 g/mol. The van der Waals surface area contributed by atoms with Gasteiger partial charge in [-0.25, -0.2) is 4.98 Å². The molecule has 0 bridgehead atoms. The van der Waals surface area contributed by atoms with E-state index in [2.05, 4.69) is 26.2 Å². The van der Waals surface area contributed by atoms with Crippen LogP contribution >= 0.6 is 27.5 Å². The summed E-state index contributed by atoms with van der Waals surface area (Å²) >= 11 is 9.25. The molecule has 0 unspecified atom stereocenters. The predicted octanol–water partition coefficient (Wildman–Crippen LogP) is 2.71. The van der Waals surface area contributed by atoms with Crippen LogP contribution in [0, 0.1) is 0 Å². The van der Waals surface area contributed by atoms with E-state index in [1.165, 1.54) is 6.92 Å². The van der Waals surface area contributed by atoms with Crippen LogP contribution in [-0.4, -0.2) is 15.3 Å². The Hall–Kier alpha value is -1.07. The Kier molecular flexibility index (Phi) is 2.67. The van der Waals surface area contributed by atoms with Crippen molar-refractivity contribution in [2.75, 3.05) is 5.32 Å². The summed E-state index contributed by atoms with van der Waals surface area (Å²) in [4.78, 5) is 15.1. The fourth-order valence-corrected chi connectivity index (χ4v) is 1.89. The number of pyridine rings is 1. The molecule has 6 heteroatoms. The second-order valence-corrected chi connectivity index (χ2v) is 4.28. The van der Waals surface area contributed by atoms with Crippen molar-refractivity contribution in [2.45, 2.75) is 6.92 Å². The molecular weight excluding hydrogens is 281 g/mol. The lowest BCUT2D eigenvalue weighted by Gasteiger charge is -2.05. The molecule has 2 heterocycles. The summed E-state index contributed by atoms with van der Waals surface area (Å²) in [6.07, 6.45) is 3.37. The molecule has 0 saturated carbocycles. The van der Waals surface area contributed by atoms with Crippen molar-refractivity contribution in [3.05, 3.63) is 28.1 Å². The van der Waals surface area contributed by atoms with Gasteiger partial charge in [-0.15, -0.1) is 0 Å². The molecule has 2 rings (SSSR count). The zero-order valence-corrected chi connectivity index (χ0v) is 10.1. The molecule has 1 N–H and O–H groups in total. The molecule has 0 aliphatic carbocycles. The van der Waals surface area contributed by atoms with Gasteiger partial charge in [-0.3, -0.25) is 9.20 Å². The molecule has 4 nitrogen and oxygen atoms in total. The van der Waals surface area contributed by atoms with E-state index in [1.54, 1.807) is 22.9 Å². The largest absolute Gasteiger partial charge is 0.323 e. The van der Waals surface area contributed by atoms with Gasteiger partial charge in [-0.1, -0.05) is 11.6 Å². The van der Waals surface area contributed by atoms with Crippen LogP contribution in [0.25, 0.3) is 5.65 Å². The lowest BCUT2D eigenvalue weighted by atomic mass is 10.4. The van der Waals surface area contributed by atoms with Crippen molar-refractivity contribution in [2.24, 2.45) is 0 Å². The molecule has 78 valence electrons. The molecule has 2 aromatic rings. The smallest absolute Gasteiger partial charge is 0.221 e. The fraction of sp³-hybridized carbons (Fsp3) is 0.111. The standard InChI is InChI=1S/C9H7BrClN3O/c1-5(15)13-7-2-6(11)4-14-8(10)3-12-9(7)14/h2-4H,1H3,(H,13,15). The average Bonchev–Trinajstić information content (AvgIpc) is 2.47. The molecular formula is C9H7BrClN3O. The summed E-state index contributed by atoms with van der Waals surface area (Å²) < 4.78 is 2.54. The van der Waals surface area contributed by atoms with Gasteiger partial charge in [0.1, 0.15) is 4.60 Å². The Bertz CT molecular complexity index is 537. The highest BCUT2D eigenvalue weighted by Crippen LogP contribution is 2.24. The van der Waals surface area contributed by atoms with Gasteiger partial charge in [0, 0.05) is 13.1 Å². The maximum absolute atomic E-state index is 11.0. The third kappa shape index (κ3) is 1.98. The number of carbonyl (C=O) groups is 1. The van der Waals surface area contributed by atoms with Gasteiger partial charge in [0.2, 0.25) is 5.91 Å². The first-order chi connectivity index (χ1) is 7.08. The quantitative estimate of drug-likeness (QED) is 0.877. The van der Waals surface area contributed by atoms with Gasteiger partial charge < -0.3 is 5.32 Å². The Morgan fingerprint density at radius 3 is 3.07 bits per heavy atom. The number of aromatic nitrogens is 2. The highest BCUT2D eigenvalue weighted by atomic mass is 79.9. The minimum Gasteiger partial charge on any atom is -0.323 e. The molecule has 0 spiro atoms. The number of anilines is 1. The first-order valence-corrected chi connectivity index (χ1v) is 5.34. The van der Waals surface area contributed by atoms with E-state index in [4.69, 9.17) is 11.6 Å². The molecule has 0 radical (unpaired) electrons. The molecule has 0 fully saturated rings. The van der Waals surface area contributed by atoms with Crippen molar-refractivity contribution in [1.82, 2.24) is 9.38 Å². The summed E-state index contributed by atoms with van der Waals surface area (Å²) in [5.41, 5.74) is 1.25. The second kappa shape index (κ2) is 3.83. The molecule has 0 aliphatic rings. The molecule has 15 heavy (non-hydrogen) atoms. The molecule has 0 aliphatic heterocycles. The van der Waals surface area contributed by atoms with E-state index in [-0.39, 0.29) is 5.91 Å². The van der Waals surface area contributed by atoms with Crippen LogP contribution < -0.4 is 5.32 Å². The summed E-state index contributed by atoms with van der Waals surface area (Å²) in [6, 6.07) is 1.66. The van der Waals surface area contributed by atoms with Crippen molar-refractivity contribution in [3.63, 3.8) is 0 Å². The van der Waals surface area contributed by atoms with Gasteiger partial charge in [0.05, 0.1) is 16.9 Å². The monoisotopic (exact) mass is 287 g/mol. The molecule has 2 aromatic heterocycles. The number of imidazole rings is 1. The summed E-state index contributed by atoms with van der Waals surface area (Å²) in [6.45, 7) is 1.44. The highest BCUT2D eigenvalue weighted by molar-refractivity contribution is 9.10. The van der Waals surface area contributed by atoms with Crippen LogP contribution in [0.4, 0.5) is 5.69 Å². The Morgan fingerprint density at radius 1 is 1.67 bits per heavy atom. The summed E-state index contributed by atoms with van der Waals surface area (Å²) in [5, 5.41) is 3.21. The zero-order valence-electron chi connectivity index (χ0n) is 7.79. The molecule has 0 saturated heterocycles. The Labute approximate surface area is 99.4 Å². The second-order valence-electron chi connectivity index (χ2n) is 3.03.